The van der Waals surface area contributed by atoms with E-state index in [1.807, 2.05) is 30.4 Å². The van der Waals surface area contributed by atoms with Gasteiger partial charge in [0.1, 0.15) is 5.82 Å². The van der Waals surface area contributed by atoms with Crippen LogP contribution in [0.2, 0.25) is 0 Å². The molecule has 2 amide bonds. The SMILES string of the molecule is Cc1nc(CNC(=O)CCCN2CCCCC2=O)n(C)c1C. The smallest absolute Gasteiger partial charge is 0.222 e. The van der Waals surface area contributed by atoms with Crippen LogP contribution in [-0.2, 0) is 23.2 Å². The number of hydrogen-bond donors (Lipinski definition) is 1. The van der Waals surface area contributed by atoms with E-state index in [9.17, 15) is 9.59 Å². The van der Waals surface area contributed by atoms with Crippen LogP contribution in [0.5, 0.6) is 0 Å². The largest absolute Gasteiger partial charge is 0.349 e. The number of amides is 2. The lowest BCUT2D eigenvalue weighted by Gasteiger charge is -2.26. The zero-order valence-corrected chi connectivity index (χ0v) is 13.8. The van der Waals surface area contributed by atoms with Crippen molar-refractivity contribution >= 4 is 11.8 Å². The van der Waals surface area contributed by atoms with E-state index in [0.29, 0.717) is 25.9 Å². The predicted molar refractivity (Wildman–Crippen MR) is 84.2 cm³/mol. The highest BCUT2D eigenvalue weighted by atomic mass is 16.2. The summed E-state index contributed by atoms with van der Waals surface area (Å²) in [6.45, 7) is 5.96. The topological polar surface area (TPSA) is 67.2 Å². The third kappa shape index (κ3) is 4.08. The molecule has 0 bridgehead atoms. The first-order valence-corrected chi connectivity index (χ1v) is 8.02. The summed E-state index contributed by atoms with van der Waals surface area (Å²) >= 11 is 0. The molecule has 1 aromatic heterocycles. The fourth-order valence-corrected chi connectivity index (χ4v) is 2.74. The van der Waals surface area contributed by atoms with Crippen LogP contribution in [0.4, 0.5) is 0 Å². The van der Waals surface area contributed by atoms with Gasteiger partial charge in [0.15, 0.2) is 0 Å². The number of aryl methyl sites for hydroxylation is 1. The molecule has 1 aromatic rings. The second kappa shape index (κ2) is 7.42. The number of hydrogen-bond acceptors (Lipinski definition) is 3. The van der Waals surface area contributed by atoms with Crippen molar-refractivity contribution in [2.75, 3.05) is 13.1 Å². The number of imidazole rings is 1. The molecule has 0 saturated carbocycles. The molecule has 0 aromatic carbocycles. The molecule has 0 unspecified atom stereocenters. The van der Waals surface area contributed by atoms with Gasteiger partial charge in [0.25, 0.3) is 0 Å². The third-order valence-electron chi connectivity index (χ3n) is 4.41. The Kier molecular flexibility index (Phi) is 5.57. The van der Waals surface area contributed by atoms with Crippen LogP contribution >= 0.6 is 0 Å². The number of nitrogens with one attached hydrogen (secondary N) is 1. The Morgan fingerprint density at radius 3 is 2.73 bits per heavy atom. The van der Waals surface area contributed by atoms with E-state index in [4.69, 9.17) is 0 Å². The van der Waals surface area contributed by atoms with Crippen molar-refractivity contribution in [1.29, 1.82) is 0 Å². The predicted octanol–water partition coefficient (Wildman–Crippen LogP) is 1.45. The summed E-state index contributed by atoms with van der Waals surface area (Å²) in [6.07, 6.45) is 3.90. The Balaban J connectivity index is 1.69. The minimum atomic E-state index is 0.0164. The first-order chi connectivity index (χ1) is 10.5. The lowest BCUT2D eigenvalue weighted by atomic mass is 10.1. The Labute approximate surface area is 131 Å². The molecule has 2 rings (SSSR count). The summed E-state index contributed by atoms with van der Waals surface area (Å²) in [5.74, 6) is 1.11. The van der Waals surface area contributed by atoms with Gasteiger partial charge in [-0.1, -0.05) is 0 Å². The summed E-state index contributed by atoms with van der Waals surface area (Å²) in [7, 11) is 1.96. The van der Waals surface area contributed by atoms with E-state index in [-0.39, 0.29) is 11.8 Å². The fourth-order valence-electron chi connectivity index (χ4n) is 2.74. The zero-order chi connectivity index (χ0) is 16.1. The second-order valence-corrected chi connectivity index (χ2v) is 5.98. The maximum atomic E-state index is 11.9. The van der Waals surface area contributed by atoms with Gasteiger partial charge in [-0.15, -0.1) is 0 Å². The summed E-state index contributed by atoms with van der Waals surface area (Å²) in [5, 5.41) is 2.90. The van der Waals surface area contributed by atoms with Crippen LogP contribution in [0.15, 0.2) is 0 Å². The molecule has 1 saturated heterocycles. The van der Waals surface area contributed by atoms with Gasteiger partial charge in [0.2, 0.25) is 11.8 Å². The Morgan fingerprint density at radius 1 is 1.32 bits per heavy atom. The van der Waals surface area contributed by atoms with Crippen molar-refractivity contribution in [3.05, 3.63) is 17.2 Å². The molecule has 0 radical (unpaired) electrons. The second-order valence-electron chi connectivity index (χ2n) is 5.98. The molecule has 2 heterocycles. The Morgan fingerprint density at radius 2 is 2.09 bits per heavy atom. The van der Waals surface area contributed by atoms with E-state index < -0.39 is 0 Å². The van der Waals surface area contributed by atoms with Gasteiger partial charge in [0.05, 0.1) is 12.2 Å². The average molecular weight is 306 g/mol. The van der Waals surface area contributed by atoms with Crippen molar-refractivity contribution in [2.45, 2.75) is 52.5 Å². The quantitative estimate of drug-likeness (QED) is 0.865. The fraction of sp³-hybridized carbons (Fsp3) is 0.688. The summed E-state index contributed by atoms with van der Waals surface area (Å²) in [6, 6.07) is 0. The van der Waals surface area contributed by atoms with Crippen LogP contribution in [0.3, 0.4) is 0 Å². The maximum absolute atomic E-state index is 11.9. The van der Waals surface area contributed by atoms with Gasteiger partial charge < -0.3 is 14.8 Å². The molecule has 0 spiro atoms. The number of rotatable bonds is 6. The van der Waals surface area contributed by atoms with Crippen molar-refractivity contribution in [1.82, 2.24) is 19.8 Å². The molecular weight excluding hydrogens is 280 g/mol. The van der Waals surface area contributed by atoms with Crippen LogP contribution in [0, 0.1) is 13.8 Å². The number of carbonyl (C=O) groups excluding carboxylic acids is 2. The molecule has 0 atom stereocenters. The van der Waals surface area contributed by atoms with E-state index in [0.717, 1.165) is 43.0 Å². The van der Waals surface area contributed by atoms with Gasteiger partial charge in [0, 0.05) is 38.7 Å². The Hall–Kier alpha value is -1.85. The minimum absolute atomic E-state index is 0.0164. The maximum Gasteiger partial charge on any atom is 0.222 e. The zero-order valence-electron chi connectivity index (χ0n) is 13.8. The van der Waals surface area contributed by atoms with E-state index >= 15 is 0 Å². The standard InChI is InChI=1S/C16H26N4O2/c1-12-13(2)19(3)14(18-12)11-17-15(21)7-6-10-20-9-5-4-8-16(20)22/h4-11H2,1-3H3,(H,17,21). The molecule has 1 aliphatic heterocycles. The first kappa shape index (κ1) is 16.5. The summed E-state index contributed by atoms with van der Waals surface area (Å²) < 4.78 is 2.00. The molecule has 22 heavy (non-hydrogen) atoms. The highest BCUT2D eigenvalue weighted by Gasteiger charge is 2.17. The van der Waals surface area contributed by atoms with E-state index in [2.05, 4.69) is 10.3 Å². The van der Waals surface area contributed by atoms with Gasteiger partial charge in [-0.2, -0.15) is 0 Å². The summed E-state index contributed by atoms with van der Waals surface area (Å²) in [4.78, 5) is 29.9. The van der Waals surface area contributed by atoms with Gasteiger partial charge in [-0.25, -0.2) is 4.98 Å². The van der Waals surface area contributed by atoms with E-state index in [1.165, 1.54) is 0 Å². The van der Waals surface area contributed by atoms with Crippen LogP contribution in [0.25, 0.3) is 0 Å². The van der Waals surface area contributed by atoms with Crippen LogP contribution in [0.1, 0.15) is 49.3 Å². The van der Waals surface area contributed by atoms with Crippen molar-refractivity contribution in [2.24, 2.45) is 7.05 Å². The molecular formula is C16H26N4O2. The Bertz CT molecular complexity index is 551. The molecule has 1 fully saturated rings. The molecule has 1 aliphatic rings. The van der Waals surface area contributed by atoms with Crippen LogP contribution < -0.4 is 5.32 Å². The number of aromatic nitrogens is 2. The lowest BCUT2D eigenvalue weighted by Crippen LogP contribution is -2.36. The first-order valence-electron chi connectivity index (χ1n) is 8.02. The molecule has 122 valence electrons. The minimum Gasteiger partial charge on any atom is -0.349 e. The number of carbonyl (C=O) groups is 2. The monoisotopic (exact) mass is 306 g/mol. The van der Waals surface area contributed by atoms with Crippen LogP contribution in [-0.4, -0.2) is 39.4 Å². The van der Waals surface area contributed by atoms with Crippen molar-refractivity contribution < 1.29 is 9.59 Å². The number of piperidine rings is 1. The van der Waals surface area contributed by atoms with E-state index in [1.54, 1.807) is 0 Å². The third-order valence-corrected chi connectivity index (χ3v) is 4.41. The molecule has 6 heteroatoms. The highest BCUT2D eigenvalue weighted by Crippen LogP contribution is 2.11. The van der Waals surface area contributed by atoms with Gasteiger partial charge in [-0.05, 0) is 33.1 Å². The number of nitrogens with zero attached hydrogens (tertiary/aromatic N) is 3. The molecule has 0 aliphatic carbocycles. The normalized spacial score (nSPS) is 15.2. The lowest BCUT2D eigenvalue weighted by molar-refractivity contribution is -0.133. The molecule has 1 N–H and O–H groups in total. The number of likely N-dealkylation sites (tertiary alicyclic amines) is 1. The van der Waals surface area contributed by atoms with Gasteiger partial charge >= 0.3 is 0 Å². The van der Waals surface area contributed by atoms with Gasteiger partial charge in [-0.3, -0.25) is 9.59 Å². The van der Waals surface area contributed by atoms with Crippen molar-refractivity contribution in [3.63, 3.8) is 0 Å². The van der Waals surface area contributed by atoms with Crippen molar-refractivity contribution in [3.8, 4) is 0 Å². The molecule has 6 nitrogen and oxygen atoms in total. The highest BCUT2D eigenvalue weighted by molar-refractivity contribution is 5.77. The average Bonchev–Trinajstić information content (AvgIpc) is 2.74. The summed E-state index contributed by atoms with van der Waals surface area (Å²) in [5.41, 5.74) is 2.11.